The van der Waals surface area contributed by atoms with Gasteiger partial charge in [-0.3, -0.25) is 9.59 Å². The van der Waals surface area contributed by atoms with Gasteiger partial charge in [-0.2, -0.15) is 0 Å². The van der Waals surface area contributed by atoms with Crippen LogP contribution in [0, 0.1) is 5.92 Å². The van der Waals surface area contributed by atoms with Crippen molar-refractivity contribution in [2.45, 2.75) is 39.0 Å². The number of benzene rings is 1. The number of carbonyl (C=O) groups is 2. The average molecular weight is 382 g/mol. The maximum absolute atomic E-state index is 12.5. The number of nitrogens with zero attached hydrogens (tertiary/aromatic N) is 1. The summed E-state index contributed by atoms with van der Waals surface area (Å²) in [6.07, 6.45) is 2.25. The highest BCUT2D eigenvalue weighted by Gasteiger charge is 2.30. The fourth-order valence-corrected chi connectivity index (χ4v) is 4.72. The molecule has 1 amide bonds. The second-order valence-corrected chi connectivity index (χ2v) is 8.65. The summed E-state index contributed by atoms with van der Waals surface area (Å²) >= 11 is 0. The van der Waals surface area contributed by atoms with E-state index in [1.807, 2.05) is 6.92 Å². The lowest BCUT2D eigenvalue weighted by molar-refractivity contribution is -0.136. The number of rotatable bonds is 8. The van der Waals surface area contributed by atoms with Crippen molar-refractivity contribution in [2.75, 3.05) is 24.2 Å². The molecule has 0 atom stereocenters. The van der Waals surface area contributed by atoms with Gasteiger partial charge in [-0.05, 0) is 30.9 Å². The zero-order chi connectivity index (χ0) is 19.2. The van der Waals surface area contributed by atoms with Crippen LogP contribution in [0.3, 0.4) is 0 Å². The molecule has 2 rings (SSSR count). The third kappa shape index (κ3) is 5.54. The summed E-state index contributed by atoms with van der Waals surface area (Å²) in [6.45, 7) is 2.65. The van der Waals surface area contributed by atoms with Gasteiger partial charge in [-0.15, -0.1) is 0 Å². The van der Waals surface area contributed by atoms with Gasteiger partial charge in [0.05, 0.1) is 12.2 Å². The largest absolute Gasteiger partial charge is 0.481 e. The minimum atomic E-state index is -3.24. The number of hydrogen-bond donors (Lipinski definition) is 2. The summed E-state index contributed by atoms with van der Waals surface area (Å²) in [5.74, 6) is -1.26. The number of sulfonamides is 1. The molecule has 0 unspecified atom stereocenters. The maximum atomic E-state index is 12.5. The van der Waals surface area contributed by atoms with Gasteiger partial charge in [0.2, 0.25) is 15.9 Å². The molecule has 0 saturated carbocycles. The molecule has 1 fully saturated rings. The van der Waals surface area contributed by atoms with Gasteiger partial charge in [0.1, 0.15) is 0 Å². The lowest BCUT2D eigenvalue weighted by atomic mass is 9.97. The third-order valence-electron chi connectivity index (χ3n) is 4.59. The molecule has 0 aliphatic carbocycles. The minimum Gasteiger partial charge on any atom is -0.481 e. The van der Waals surface area contributed by atoms with Crippen LogP contribution in [-0.2, 0) is 26.0 Å². The number of carbonyl (C=O) groups excluding carboxylic acids is 1. The summed E-state index contributed by atoms with van der Waals surface area (Å²) in [5.41, 5.74) is 1.05. The Kier molecular flexibility index (Phi) is 7.16. The molecule has 7 nitrogen and oxygen atoms in total. The fourth-order valence-electron chi connectivity index (χ4n) is 3.05. The lowest BCUT2D eigenvalue weighted by Gasteiger charge is -2.30. The van der Waals surface area contributed by atoms with Gasteiger partial charge in [-0.25, -0.2) is 12.7 Å². The lowest BCUT2D eigenvalue weighted by Crippen LogP contribution is -2.42. The first-order chi connectivity index (χ1) is 12.3. The molecule has 2 N–H and O–H groups in total. The van der Waals surface area contributed by atoms with E-state index in [1.165, 1.54) is 4.31 Å². The predicted octanol–water partition coefficient (Wildman–Crippen LogP) is 2.09. The van der Waals surface area contributed by atoms with E-state index in [-0.39, 0.29) is 24.0 Å². The highest BCUT2D eigenvalue weighted by Crippen LogP contribution is 2.23. The van der Waals surface area contributed by atoms with Crippen LogP contribution < -0.4 is 5.32 Å². The molecular formula is C18H26N2O5S. The molecule has 1 heterocycles. The molecule has 0 spiro atoms. The van der Waals surface area contributed by atoms with E-state index in [2.05, 4.69) is 5.32 Å². The first-order valence-electron chi connectivity index (χ1n) is 8.92. The van der Waals surface area contributed by atoms with Crippen molar-refractivity contribution >= 4 is 27.6 Å². The number of piperidine rings is 1. The quantitative estimate of drug-likeness (QED) is 0.716. The van der Waals surface area contributed by atoms with Crippen LogP contribution in [0.1, 0.15) is 38.2 Å². The van der Waals surface area contributed by atoms with Crippen molar-refractivity contribution in [2.24, 2.45) is 5.92 Å². The highest BCUT2D eigenvalue weighted by atomic mass is 32.2. The minimum absolute atomic E-state index is 0.156. The summed E-state index contributed by atoms with van der Waals surface area (Å²) in [4.78, 5) is 23.4. The highest BCUT2D eigenvalue weighted by molar-refractivity contribution is 7.89. The van der Waals surface area contributed by atoms with Crippen LogP contribution in [0.2, 0.25) is 0 Å². The van der Waals surface area contributed by atoms with E-state index < -0.39 is 16.0 Å². The van der Waals surface area contributed by atoms with Gasteiger partial charge in [0.15, 0.2) is 0 Å². The molecule has 1 aliphatic heterocycles. The second kappa shape index (κ2) is 9.14. The van der Waals surface area contributed by atoms with Crippen molar-refractivity contribution in [1.82, 2.24) is 4.31 Å². The molecular weight excluding hydrogens is 356 g/mol. The first-order valence-corrected chi connectivity index (χ1v) is 10.5. The first kappa shape index (κ1) is 20.4. The molecule has 1 aromatic rings. The molecule has 144 valence electrons. The van der Waals surface area contributed by atoms with Crippen molar-refractivity contribution in [3.63, 3.8) is 0 Å². The number of nitrogens with one attached hydrogen (secondary N) is 1. The number of hydrogen-bond acceptors (Lipinski definition) is 4. The molecule has 0 radical (unpaired) electrons. The zero-order valence-corrected chi connectivity index (χ0v) is 15.8. The number of carboxylic acid groups (broad SMARTS) is 1. The van der Waals surface area contributed by atoms with E-state index >= 15 is 0 Å². The van der Waals surface area contributed by atoms with Gasteiger partial charge in [0.25, 0.3) is 0 Å². The van der Waals surface area contributed by atoms with Crippen LogP contribution in [0.5, 0.6) is 0 Å². The van der Waals surface area contributed by atoms with Crippen LogP contribution in [0.15, 0.2) is 24.3 Å². The number of amides is 1. The predicted molar refractivity (Wildman–Crippen MR) is 99.4 cm³/mol. The Hall–Kier alpha value is -1.93. The average Bonchev–Trinajstić information content (AvgIpc) is 2.61. The Morgan fingerprint density at radius 3 is 2.50 bits per heavy atom. The number of unbranched alkanes of at least 4 members (excludes halogenated alkanes) is 1. The number of carboxylic acids is 1. The summed E-state index contributed by atoms with van der Waals surface area (Å²) in [6, 6.07) is 6.82. The molecule has 1 aliphatic rings. The third-order valence-corrected chi connectivity index (χ3v) is 6.55. The molecule has 26 heavy (non-hydrogen) atoms. The molecule has 1 aromatic carbocycles. The standard InChI is InChI=1S/C18H26N2O5S/c1-2-3-12-26(24,25)20-10-8-14(9-11-20)18(23)19-16-7-5-4-6-15(16)13-17(21)22/h4-7,14H,2-3,8-13H2,1H3,(H,19,23)(H,21,22). The van der Waals surface area contributed by atoms with Crippen molar-refractivity contribution in [3.05, 3.63) is 29.8 Å². The number of para-hydroxylation sites is 1. The van der Waals surface area contributed by atoms with E-state index in [9.17, 15) is 18.0 Å². The number of anilines is 1. The van der Waals surface area contributed by atoms with Crippen LogP contribution >= 0.6 is 0 Å². The van der Waals surface area contributed by atoms with Gasteiger partial charge < -0.3 is 10.4 Å². The Morgan fingerprint density at radius 1 is 1.23 bits per heavy atom. The Bertz CT molecular complexity index is 740. The van der Waals surface area contributed by atoms with E-state index in [0.717, 1.165) is 6.42 Å². The summed E-state index contributed by atoms with van der Waals surface area (Å²) in [5, 5.41) is 11.8. The van der Waals surface area contributed by atoms with E-state index in [4.69, 9.17) is 5.11 Å². The molecule has 0 aromatic heterocycles. The summed E-state index contributed by atoms with van der Waals surface area (Å²) < 4.78 is 25.9. The van der Waals surface area contributed by atoms with Crippen LogP contribution in [-0.4, -0.2) is 48.5 Å². The number of aliphatic carboxylic acids is 1. The second-order valence-electron chi connectivity index (χ2n) is 6.56. The molecule has 8 heteroatoms. The van der Waals surface area contributed by atoms with Crippen molar-refractivity contribution in [1.29, 1.82) is 0 Å². The SMILES string of the molecule is CCCCS(=O)(=O)N1CCC(C(=O)Nc2ccccc2CC(=O)O)CC1. The Morgan fingerprint density at radius 2 is 1.88 bits per heavy atom. The van der Waals surface area contributed by atoms with Gasteiger partial charge >= 0.3 is 5.97 Å². The van der Waals surface area contributed by atoms with E-state index in [1.54, 1.807) is 24.3 Å². The summed E-state index contributed by atoms with van der Waals surface area (Å²) in [7, 11) is -3.24. The van der Waals surface area contributed by atoms with Crippen molar-refractivity contribution in [3.8, 4) is 0 Å². The smallest absolute Gasteiger partial charge is 0.307 e. The Balaban J connectivity index is 1.94. The van der Waals surface area contributed by atoms with E-state index in [0.29, 0.717) is 43.6 Å². The Labute approximate surface area is 154 Å². The van der Waals surface area contributed by atoms with Crippen molar-refractivity contribution < 1.29 is 23.1 Å². The molecule has 0 bridgehead atoms. The zero-order valence-electron chi connectivity index (χ0n) is 15.0. The topological polar surface area (TPSA) is 104 Å². The fraction of sp³-hybridized carbons (Fsp3) is 0.556. The monoisotopic (exact) mass is 382 g/mol. The maximum Gasteiger partial charge on any atom is 0.307 e. The van der Waals surface area contributed by atoms with Gasteiger partial charge in [-0.1, -0.05) is 31.5 Å². The molecule has 1 saturated heterocycles. The normalized spacial score (nSPS) is 16.3. The van der Waals surface area contributed by atoms with Crippen LogP contribution in [0.4, 0.5) is 5.69 Å². The van der Waals surface area contributed by atoms with Gasteiger partial charge in [0, 0.05) is 24.7 Å². The van der Waals surface area contributed by atoms with Crippen LogP contribution in [0.25, 0.3) is 0 Å².